The molecule has 0 aliphatic heterocycles. The second-order valence-electron chi connectivity index (χ2n) is 8.25. The van der Waals surface area contributed by atoms with Gasteiger partial charge in [0.1, 0.15) is 16.3 Å². The van der Waals surface area contributed by atoms with Crippen LogP contribution in [0, 0.1) is 0 Å². The molecule has 10 nitrogen and oxygen atoms in total. The first-order valence-electron chi connectivity index (χ1n) is 11.2. The van der Waals surface area contributed by atoms with Gasteiger partial charge >= 0.3 is 5.69 Å². The topological polar surface area (TPSA) is 117 Å². The van der Waals surface area contributed by atoms with E-state index in [9.17, 15) is 14.4 Å². The summed E-state index contributed by atoms with van der Waals surface area (Å²) in [5, 5.41) is 0. The van der Waals surface area contributed by atoms with E-state index in [-0.39, 0.29) is 12.1 Å². The first kappa shape index (κ1) is 22.8. The third kappa shape index (κ3) is 3.97. The predicted molar refractivity (Wildman–Crippen MR) is 135 cm³/mol. The number of imidazole rings is 1. The van der Waals surface area contributed by atoms with Crippen LogP contribution in [0.4, 0.5) is 0 Å². The largest absolute Gasteiger partial charge is 0.497 e. The van der Waals surface area contributed by atoms with E-state index in [0.29, 0.717) is 33.7 Å². The molecule has 180 valence electrons. The van der Waals surface area contributed by atoms with E-state index in [2.05, 4.69) is 15.0 Å². The van der Waals surface area contributed by atoms with Crippen molar-refractivity contribution in [3.8, 4) is 16.2 Å². The molecular formula is C24H24N6O4S. The fraction of sp³-hybridized carbons (Fsp3) is 0.292. The van der Waals surface area contributed by atoms with E-state index >= 15 is 0 Å². The molecule has 5 rings (SSSR count). The summed E-state index contributed by atoms with van der Waals surface area (Å²) < 4.78 is 10.3. The molecule has 0 atom stereocenters. The Bertz CT molecular complexity index is 1720. The van der Waals surface area contributed by atoms with Crippen LogP contribution in [-0.2, 0) is 20.1 Å². The lowest BCUT2D eigenvalue weighted by atomic mass is 10.2. The zero-order valence-electron chi connectivity index (χ0n) is 19.6. The van der Waals surface area contributed by atoms with Crippen LogP contribution in [0.1, 0.15) is 25.6 Å². The van der Waals surface area contributed by atoms with Crippen LogP contribution < -0.4 is 21.5 Å². The van der Waals surface area contributed by atoms with Crippen LogP contribution in [0.15, 0.2) is 51.0 Å². The molecule has 0 radical (unpaired) electrons. The number of hydrogen-bond donors (Lipinski definition) is 1. The van der Waals surface area contributed by atoms with Crippen LogP contribution >= 0.6 is 11.3 Å². The van der Waals surface area contributed by atoms with Gasteiger partial charge in [0.25, 0.3) is 11.1 Å². The summed E-state index contributed by atoms with van der Waals surface area (Å²) in [7, 11) is 3.32. The summed E-state index contributed by atoms with van der Waals surface area (Å²) in [5.74, 6) is 1.24. The van der Waals surface area contributed by atoms with Crippen LogP contribution in [-0.4, -0.2) is 35.8 Å². The molecule has 4 aromatic heterocycles. The molecule has 0 amide bonds. The van der Waals surface area contributed by atoms with Gasteiger partial charge in [-0.05, 0) is 42.3 Å². The summed E-state index contributed by atoms with van der Waals surface area (Å²) in [4.78, 5) is 50.5. The van der Waals surface area contributed by atoms with E-state index in [1.165, 1.54) is 26.8 Å². The van der Waals surface area contributed by atoms with Crippen LogP contribution in [0.25, 0.3) is 31.8 Å². The summed E-state index contributed by atoms with van der Waals surface area (Å²) in [6.07, 6.45) is 3.16. The number of aromatic nitrogens is 6. The standard InChI is InChI=1S/C24H24N6O4S/c1-4-5-10-30-21-19(22(31)27-24(30)33)28(2)18(26-21)12-29-13-25-16-11-17(35-20(16)23(29)32)14-6-8-15(34-3)9-7-14/h6-9,11,13H,4-5,10,12H2,1-3H3,(H,27,31,33). The number of nitrogens with one attached hydrogen (secondary N) is 1. The highest BCUT2D eigenvalue weighted by Gasteiger charge is 2.18. The van der Waals surface area contributed by atoms with Gasteiger partial charge in [-0.2, -0.15) is 0 Å². The van der Waals surface area contributed by atoms with E-state index in [0.717, 1.165) is 29.0 Å². The van der Waals surface area contributed by atoms with Gasteiger partial charge in [0.15, 0.2) is 11.2 Å². The Balaban J connectivity index is 1.55. The van der Waals surface area contributed by atoms with Gasteiger partial charge in [-0.15, -0.1) is 11.3 Å². The van der Waals surface area contributed by atoms with E-state index in [1.54, 1.807) is 18.7 Å². The second kappa shape index (κ2) is 8.99. The number of thiophene rings is 1. The van der Waals surface area contributed by atoms with Crippen LogP contribution in [0.5, 0.6) is 5.75 Å². The number of unbranched alkanes of at least 4 members (excludes halogenated alkanes) is 1. The second-order valence-corrected chi connectivity index (χ2v) is 9.31. The monoisotopic (exact) mass is 492 g/mol. The summed E-state index contributed by atoms with van der Waals surface area (Å²) in [6.45, 7) is 2.60. The molecule has 0 spiro atoms. The number of H-pyrrole nitrogens is 1. The molecule has 35 heavy (non-hydrogen) atoms. The van der Waals surface area contributed by atoms with Gasteiger partial charge in [0.2, 0.25) is 0 Å². The summed E-state index contributed by atoms with van der Waals surface area (Å²) in [5.41, 5.74) is 1.05. The van der Waals surface area contributed by atoms with Gasteiger partial charge in [-0.25, -0.2) is 14.8 Å². The number of aromatic amines is 1. The van der Waals surface area contributed by atoms with Crippen molar-refractivity contribution in [1.29, 1.82) is 0 Å². The third-order valence-electron chi connectivity index (χ3n) is 6.03. The molecule has 0 aliphatic rings. The molecule has 0 bridgehead atoms. The summed E-state index contributed by atoms with van der Waals surface area (Å²) >= 11 is 1.38. The maximum absolute atomic E-state index is 13.3. The fourth-order valence-electron chi connectivity index (χ4n) is 4.06. The molecule has 4 heterocycles. The molecule has 0 saturated heterocycles. The van der Waals surface area contributed by atoms with Crippen molar-refractivity contribution in [1.82, 2.24) is 28.7 Å². The number of methoxy groups -OCH3 is 1. The Morgan fingerprint density at radius 1 is 1.14 bits per heavy atom. The van der Waals surface area contributed by atoms with Crippen molar-refractivity contribution in [3.63, 3.8) is 0 Å². The smallest absolute Gasteiger partial charge is 0.330 e. The van der Waals surface area contributed by atoms with Crippen molar-refractivity contribution >= 4 is 32.7 Å². The average Bonchev–Trinajstić information content (AvgIpc) is 3.43. The minimum Gasteiger partial charge on any atom is -0.497 e. The maximum Gasteiger partial charge on any atom is 0.330 e. The number of ether oxygens (including phenoxy) is 1. The first-order valence-corrected chi connectivity index (χ1v) is 12.0. The number of benzene rings is 1. The molecule has 1 aromatic carbocycles. The zero-order chi connectivity index (χ0) is 24.7. The van der Waals surface area contributed by atoms with Crippen molar-refractivity contribution in [2.45, 2.75) is 32.9 Å². The number of hydrogen-bond acceptors (Lipinski definition) is 7. The highest BCUT2D eigenvalue weighted by molar-refractivity contribution is 7.22. The van der Waals surface area contributed by atoms with Gasteiger partial charge in [0.05, 0.1) is 25.5 Å². The molecule has 0 unspecified atom stereocenters. The van der Waals surface area contributed by atoms with Gasteiger partial charge in [-0.3, -0.25) is 23.7 Å². The minimum atomic E-state index is -0.498. The molecule has 11 heteroatoms. The molecule has 0 fully saturated rings. The molecule has 1 N–H and O–H groups in total. The molecule has 0 aliphatic carbocycles. The third-order valence-corrected chi connectivity index (χ3v) is 7.19. The lowest BCUT2D eigenvalue weighted by Crippen LogP contribution is -2.31. The zero-order valence-corrected chi connectivity index (χ0v) is 20.4. The average molecular weight is 493 g/mol. The normalized spacial score (nSPS) is 11.5. The molecule has 5 aromatic rings. The molecule has 0 saturated carbocycles. The van der Waals surface area contributed by atoms with Crippen LogP contribution in [0.3, 0.4) is 0 Å². The number of aryl methyl sites for hydroxylation is 2. The Kier molecular flexibility index (Phi) is 5.85. The van der Waals surface area contributed by atoms with Gasteiger partial charge < -0.3 is 9.30 Å². The summed E-state index contributed by atoms with van der Waals surface area (Å²) in [6, 6.07) is 9.53. The van der Waals surface area contributed by atoms with Crippen molar-refractivity contribution in [3.05, 3.63) is 73.7 Å². The first-order chi connectivity index (χ1) is 16.9. The highest BCUT2D eigenvalue weighted by Crippen LogP contribution is 2.31. The Hall–Kier alpha value is -3.99. The number of rotatable bonds is 7. The SMILES string of the molecule is CCCCn1c(=O)[nH]c(=O)c2c1nc(Cn1cnc3cc(-c4ccc(OC)cc4)sc3c1=O)n2C. The van der Waals surface area contributed by atoms with Crippen LogP contribution in [0.2, 0.25) is 0 Å². The highest BCUT2D eigenvalue weighted by atomic mass is 32.1. The lowest BCUT2D eigenvalue weighted by Gasteiger charge is -2.05. The molecular weight excluding hydrogens is 468 g/mol. The van der Waals surface area contributed by atoms with E-state index < -0.39 is 11.2 Å². The van der Waals surface area contributed by atoms with Gasteiger partial charge in [0, 0.05) is 18.5 Å². The quantitative estimate of drug-likeness (QED) is 0.373. The fourth-order valence-corrected chi connectivity index (χ4v) is 5.13. The predicted octanol–water partition coefficient (Wildman–Crippen LogP) is 2.72. The lowest BCUT2D eigenvalue weighted by molar-refractivity contribution is 0.415. The van der Waals surface area contributed by atoms with Crippen molar-refractivity contribution in [2.24, 2.45) is 7.05 Å². The maximum atomic E-state index is 13.3. The van der Waals surface area contributed by atoms with E-state index in [4.69, 9.17) is 4.74 Å². The Morgan fingerprint density at radius 2 is 1.91 bits per heavy atom. The van der Waals surface area contributed by atoms with Crippen molar-refractivity contribution in [2.75, 3.05) is 7.11 Å². The van der Waals surface area contributed by atoms with Crippen molar-refractivity contribution < 1.29 is 4.74 Å². The Morgan fingerprint density at radius 3 is 2.63 bits per heavy atom. The van der Waals surface area contributed by atoms with Gasteiger partial charge in [-0.1, -0.05) is 13.3 Å². The number of nitrogens with zero attached hydrogens (tertiary/aromatic N) is 5. The number of fused-ring (bicyclic) bond motifs is 2. The minimum absolute atomic E-state index is 0.115. The van der Waals surface area contributed by atoms with E-state index in [1.807, 2.05) is 37.3 Å². The Labute approximate surface area is 203 Å².